The van der Waals surface area contributed by atoms with Crippen LogP contribution in [-0.4, -0.2) is 0 Å². The lowest BCUT2D eigenvalue weighted by molar-refractivity contribution is 0.303. The second-order valence-corrected chi connectivity index (χ2v) is 6.71. The van der Waals surface area contributed by atoms with Crippen molar-refractivity contribution in [3.8, 4) is 5.75 Å². The SMILES string of the molecule is Clc1ccc(OCc2c(Cl)cccc2Cl)c(CNc2ccccc2)c1. The highest BCUT2D eigenvalue weighted by Gasteiger charge is 2.09. The summed E-state index contributed by atoms with van der Waals surface area (Å²) in [5.74, 6) is 0.740. The Balaban J connectivity index is 1.75. The van der Waals surface area contributed by atoms with Crippen molar-refractivity contribution in [1.29, 1.82) is 0 Å². The second-order valence-electron chi connectivity index (χ2n) is 5.46. The van der Waals surface area contributed by atoms with E-state index in [0.717, 1.165) is 22.6 Å². The van der Waals surface area contributed by atoms with E-state index in [0.29, 0.717) is 28.2 Å². The molecule has 0 aliphatic carbocycles. The Bertz CT molecular complexity index is 833. The summed E-state index contributed by atoms with van der Waals surface area (Å²) in [5.41, 5.74) is 2.75. The number of ether oxygens (including phenoxy) is 1. The van der Waals surface area contributed by atoms with Crippen LogP contribution in [0.15, 0.2) is 66.7 Å². The van der Waals surface area contributed by atoms with Crippen LogP contribution in [0.4, 0.5) is 5.69 Å². The molecule has 0 saturated carbocycles. The molecule has 0 atom stereocenters. The first-order valence-corrected chi connectivity index (χ1v) is 8.90. The molecule has 0 unspecified atom stereocenters. The zero-order valence-electron chi connectivity index (χ0n) is 13.3. The Labute approximate surface area is 162 Å². The number of para-hydroxylation sites is 1. The molecule has 5 heteroatoms. The van der Waals surface area contributed by atoms with Crippen molar-refractivity contribution in [3.05, 3.63) is 92.9 Å². The number of nitrogens with one attached hydrogen (secondary N) is 1. The molecule has 0 heterocycles. The van der Waals surface area contributed by atoms with Gasteiger partial charge in [0.25, 0.3) is 0 Å². The summed E-state index contributed by atoms with van der Waals surface area (Å²) in [4.78, 5) is 0. The molecule has 0 saturated heterocycles. The van der Waals surface area contributed by atoms with Gasteiger partial charge in [-0.1, -0.05) is 59.1 Å². The number of benzene rings is 3. The van der Waals surface area contributed by atoms with Crippen LogP contribution in [0.25, 0.3) is 0 Å². The summed E-state index contributed by atoms with van der Waals surface area (Å²) in [6, 6.07) is 20.9. The lowest BCUT2D eigenvalue weighted by Crippen LogP contribution is -2.04. The maximum atomic E-state index is 6.20. The summed E-state index contributed by atoms with van der Waals surface area (Å²) in [5, 5.41) is 5.20. The summed E-state index contributed by atoms with van der Waals surface area (Å²) in [7, 11) is 0. The van der Waals surface area contributed by atoms with Gasteiger partial charge in [0, 0.05) is 38.4 Å². The Morgan fingerprint density at radius 1 is 0.800 bits per heavy atom. The molecule has 0 spiro atoms. The molecule has 0 bridgehead atoms. The fraction of sp³-hybridized carbons (Fsp3) is 0.100. The van der Waals surface area contributed by atoms with E-state index in [1.807, 2.05) is 48.5 Å². The zero-order chi connectivity index (χ0) is 17.6. The van der Waals surface area contributed by atoms with E-state index in [4.69, 9.17) is 39.5 Å². The molecule has 0 radical (unpaired) electrons. The fourth-order valence-corrected chi connectivity index (χ4v) is 3.10. The minimum absolute atomic E-state index is 0.290. The summed E-state index contributed by atoms with van der Waals surface area (Å²) < 4.78 is 5.96. The number of hydrogen-bond donors (Lipinski definition) is 1. The monoisotopic (exact) mass is 391 g/mol. The van der Waals surface area contributed by atoms with Crippen LogP contribution in [0.1, 0.15) is 11.1 Å². The molecule has 0 amide bonds. The number of hydrogen-bond acceptors (Lipinski definition) is 2. The predicted octanol–water partition coefficient (Wildman–Crippen LogP) is 6.84. The van der Waals surface area contributed by atoms with Gasteiger partial charge in [-0.2, -0.15) is 0 Å². The molecular formula is C20H16Cl3NO. The van der Waals surface area contributed by atoms with Crippen molar-refractivity contribution in [2.45, 2.75) is 13.2 Å². The van der Waals surface area contributed by atoms with E-state index in [2.05, 4.69) is 5.32 Å². The maximum absolute atomic E-state index is 6.20. The summed E-state index contributed by atoms with van der Waals surface area (Å²) in [6.07, 6.45) is 0. The standard InChI is InChI=1S/C20H16Cl3NO/c21-15-9-10-20(25-13-17-18(22)7-4-8-19(17)23)14(11-15)12-24-16-5-2-1-3-6-16/h1-11,24H,12-13H2. The van der Waals surface area contributed by atoms with E-state index in [1.165, 1.54) is 0 Å². The highest BCUT2D eigenvalue weighted by molar-refractivity contribution is 6.36. The van der Waals surface area contributed by atoms with Gasteiger partial charge in [0.15, 0.2) is 0 Å². The van der Waals surface area contributed by atoms with Gasteiger partial charge in [-0.05, 0) is 42.5 Å². The predicted molar refractivity (Wildman–Crippen MR) is 106 cm³/mol. The first kappa shape index (κ1) is 17.9. The molecule has 25 heavy (non-hydrogen) atoms. The molecular weight excluding hydrogens is 377 g/mol. The van der Waals surface area contributed by atoms with Crippen LogP contribution in [-0.2, 0) is 13.2 Å². The first-order valence-electron chi connectivity index (χ1n) is 7.76. The van der Waals surface area contributed by atoms with E-state index in [-0.39, 0.29) is 0 Å². The van der Waals surface area contributed by atoms with Gasteiger partial charge in [-0.15, -0.1) is 0 Å². The number of halogens is 3. The van der Waals surface area contributed by atoms with Crippen molar-refractivity contribution in [2.75, 3.05) is 5.32 Å². The van der Waals surface area contributed by atoms with Crippen molar-refractivity contribution >= 4 is 40.5 Å². The average molecular weight is 393 g/mol. The minimum Gasteiger partial charge on any atom is -0.488 e. The number of rotatable bonds is 6. The molecule has 128 valence electrons. The molecule has 2 nitrogen and oxygen atoms in total. The topological polar surface area (TPSA) is 21.3 Å². The van der Waals surface area contributed by atoms with Crippen molar-refractivity contribution in [1.82, 2.24) is 0 Å². The molecule has 0 aliphatic rings. The van der Waals surface area contributed by atoms with Gasteiger partial charge < -0.3 is 10.1 Å². The van der Waals surface area contributed by atoms with Gasteiger partial charge in [-0.3, -0.25) is 0 Å². The third kappa shape index (κ3) is 4.82. The third-order valence-electron chi connectivity index (χ3n) is 3.71. The largest absolute Gasteiger partial charge is 0.488 e. The van der Waals surface area contributed by atoms with Crippen molar-refractivity contribution in [2.24, 2.45) is 0 Å². The Morgan fingerprint density at radius 3 is 2.24 bits per heavy atom. The molecule has 1 N–H and O–H groups in total. The first-order chi connectivity index (χ1) is 12.1. The van der Waals surface area contributed by atoms with Crippen LogP contribution in [0.5, 0.6) is 5.75 Å². The minimum atomic E-state index is 0.290. The smallest absolute Gasteiger partial charge is 0.124 e. The molecule has 3 aromatic rings. The maximum Gasteiger partial charge on any atom is 0.124 e. The average Bonchev–Trinajstić information content (AvgIpc) is 2.62. The van der Waals surface area contributed by atoms with Gasteiger partial charge in [0.1, 0.15) is 12.4 Å². The van der Waals surface area contributed by atoms with Gasteiger partial charge >= 0.3 is 0 Å². The van der Waals surface area contributed by atoms with E-state index in [9.17, 15) is 0 Å². The Hall–Kier alpha value is -1.87. The van der Waals surface area contributed by atoms with Crippen LogP contribution in [0.2, 0.25) is 15.1 Å². The third-order valence-corrected chi connectivity index (χ3v) is 4.66. The second kappa shape index (κ2) is 8.48. The zero-order valence-corrected chi connectivity index (χ0v) is 15.6. The molecule has 0 fully saturated rings. The van der Waals surface area contributed by atoms with Crippen LogP contribution in [0, 0.1) is 0 Å². The van der Waals surface area contributed by atoms with Crippen molar-refractivity contribution in [3.63, 3.8) is 0 Å². The number of anilines is 1. The molecule has 0 aliphatic heterocycles. The summed E-state index contributed by atoms with van der Waals surface area (Å²) >= 11 is 18.5. The Kier molecular flexibility index (Phi) is 6.09. The normalized spacial score (nSPS) is 10.5. The van der Waals surface area contributed by atoms with E-state index >= 15 is 0 Å². The highest BCUT2D eigenvalue weighted by atomic mass is 35.5. The molecule has 3 rings (SSSR count). The van der Waals surface area contributed by atoms with E-state index < -0.39 is 0 Å². The summed E-state index contributed by atoms with van der Waals surface area (Å²) in [6.45, 7) is 0.884. The van der Waals surface area contributed by atoms with Gasteiger partial charge in [0.2, 0.25) is 0 Å². The quantitative estimate of drug-likeness (QED) is 0.496. The van der Waals surface area contributed by atoms with Gasteiger partial charge in [0.05, 0.1) is 0 Å². The fourth-order valence-electron chi connectivity index (χ4n) is 2.40. The lowest BCUT2D eigenvalue weighted by Gasteiger charge is -2.14. The van der Waals surface area contributed by atoms with Crippen LogP contribution < -0.4 is 10.1 Å². The van der Waals surface area contributed by atoms with Crippen LogP contribution >= 0.6 is 34.8 Å². The highest BCUT2D eigenvalue weighted by Crippen LogP contribution is 2.28. The lowest BCUT2D eigenvalue weighted by atomic mass is 10.2. The van der Waals surface area contributed by atoms with Crippen molar-refractivity contribution < 1.29 is 4.74 Å². The molecule has 0 aromatic heterocycles. The van der Waals surface area contributed by atoms with Gasteiger partial charge in [-0.25, -0.2) is 0 Å². The molecule has 3 aromatic carbocycles. The van der Waals surface area contributed by atoms with E-state index in [1.54, 1.807) is 18.2 Å². The van der Waals surface area contributed by atoms with Crippen LogP contribution in [0.3, 0.4) is 0 Å². The Morgan fingerprint density at radius 2 is 1.52 bits per heavy atom.